The summed E-state index contributed by atoms with van der Waals surface area (Å²) in [6.45, 7) is 0.607. The van der Waals surface area contributed by atoms with Gasteiger partial charge in [-0.25, -0.2) is 0 Å². The summed E-state index contributed by atoms with van der Waals surface area (Å²) in [5, 5.41) is 8.44. The van der Waals surface area contributed by atoms with Gasteiger partial charge in [-0.05, 0) is 41.0 Å². The number of nitrogens with zero attached hydrogens (tertiary/aromatic N) is 2. The highest BCUT2D eigenvalue weighted by atomic mass is 127. The van der Waals surface area contributed by atoms with E-state index >= 15 is 0 Å². The van der Waals surface area contributed by atoms with Crippen LogP contribution in [0.5, 0.6) is 5.75 Å². The van der Waals surface area contributed by atoms with E-state index in [2.05, 4.69) is 27.6 Å². The fraction of sp³-hybridized carbons (Fsp3) is 0.273. The van der Waals surface area contributed by atoms with Crippen molar-refractivity contribution in [1.82, 2.24) is 0 Å². The maximum absolute atomic E-state index is 8.44. The largest absolute Gasteiger partial charge is 0.492 e. The van der Waals surface area contributed by atoms with Gasteiger partial charge >= 0.3 is 0 Å². The number of aliphatic imine (C=N–C) groups is 1. The van der Waals surface area contributed by atoms with Gasteiger partial charge in [0.1, 0.15) is 10.1 Å². The van der Waals surface area contributed by atoms with Crippen molar-refractivity contribution in [1.29, 1.82) is 5.26 Å². The van der Waals surface area contributed by atoms with Gasteiger partial charge in [-0.2, -0.15) is 10.3 Å². The first-order valence-corrected chi connectivity index (χ1v) is 8.07. The van der Waals surface area contributed by atoms with Crippen molar-refractivity contribution in [3.63, 3.8) is 0 Å². The number of nitriles is 1. The van der Waals surface area contributed by atoms with Gasteiger partial charge in [0.15, 0.2) is 0 Å². The second-order valence-electron chi connectivity index (χ2n) is 2.81. The lowest BCUT2D eigenvalue weighted by molar-refractivity contribution is 0.342. The van der Waals surface area contributed by atoms with Crippen LogP contribution >= 0.6 is 46.1 Å². The monoisotopic (exact) mass is 378 g/mol. The van der Waals surface area contributed by atoms with E-state index in [1.807, 2.05) is 30.5 Å². The summed E-state index contributed by atoms with van der Waals surface area (Å²) in [7, 11) is 0. The van der Waals surface area contributed by atoms with Crippen molar-refractivity contribution < 1.29 is 4.74 Å². The number of ether oxygens (including phenoxy) is 1. The number of hydrogen-bond donors (Lipinski definition) is 0. The molecule has 1 aromatic rings. The molecule has 0 bridgehead atoms. The number of benzene rings is 1. The minimum Gasteiger partial charge on any atom is -0.492 e. The third-order valence-corrected chi connectivity index (χ3v) is 4.61. The molecule has 3 nitrogen and oxygen atoms in total. The molecular weight excluding hydrogens is 367 g/mol. The number of halogens is 1. The minimum absolute atomic E-state index is 0.607. The van der Waals surface area contributed by atoms with Gasteiger partial charge in [0, 0.05) is 5.75 Å². The van der Waals surface area contributed by atoms with Gasteiger partial charge in [-0.15, -0.1) is 11.8 Å². The Bertz CT molecular complexity index is 432. The first-order valence-electron chi connectivity index (χ1n) is 4.79. The van der Waals surface area contributed by atoms with Crippen LogP contribution in [0.4, 0.5) is 0 Å². The highest BCUT2D eigenvalue weighted by Gasteiger charge is 2.01. The van der Waals surface area contributed by atoms with Crippen LogP contribution in [0.1, 0.15) is 0 Å². The Morgan fingerprint density at radius 3 is 2.94 bits per heavy atom. The van der Waals surface area contributed by atoms with Crippen molar-refractivity contribution in [2.24, 2.45) is 4.99 Å². The van der Waals surface area contributed by atoms with Crippen LogP contribution in [-0.4, -0.2) is 23.0 Å². The van der Waals surface area contributed by atoms with Crippen LogP contribution in [0.15, 0.2) is 29.3 Å². The molecule has 90 valence electrons. The third kappa shape index (κ3) is 5.66. The molecule has 0 atom stereocenters. The van der Waals surface area contributed by atoms with Crippen LogP contribution in [0.25, 0.3) is 0 Å². The Morgan fingerprint density at radius 1 is 1.53 bits per heavy atom. The molecule has 0 heterocycles. The molecular formula is C11H11IN2OS2. The molecule has 0 aliphatic carbocycles. The number of hydrogen-bond acceptors (Lipinski definition) is 5. The topological polar surface area (TPSA) is 45.4 Å². The predicted molar refractivity (Wildman–Crippen MR) is 83.7 cm³/mol. The van der Waals surface area contributed by atoms with E-state index in [9.17, 15) is 0 Å². The van der Waals surface area contributed by atoms with E-state index in [1.54, 1.807) is 6.19 Å². The van der Waals surface area contributed by atoms with Crippen molar-refractivity contribution in [3.05, 3.63) is 27.8 Å². The van der Waals surface area contributed by atoms with Crippen molar-refractivity contribution in [3.8, 4) is 11.9 Å². The molecule has 0 saturated heterocycles. The molecule has 0 aromatic heterocycles. The molecule has 0 radical (unpaired) electrons. The zero-order chi connectivity index (χ0) is 12.5. The van der Waals surface area contributed by atoms with E-state index in [0.29, 0.717) is 6.61 Å². The summed E-state index contributed by atoms with van der Waals surface area (Å²) in [5.74, 6) is 1.68. The molecule has 17 heavy (non-hydrogen) atoms. The molecule has 6 heteroatoms. The van der Waals surface area contributed by atoms with Crippen molar-refractivity contribution >= 4 is 50.5 Å². The number of rotatable bonds is 4. The lowest BCUT2D eigenvalue weighted by Gasteiger charge is -2.07. The summed E-state index contributed by atoms with van der Waals surface area (Å²) >= 11 is 5.26. The zero-order valence-corrected chi connectivity index (χ0v) is 13.0. The summed E-state index contributed by atoms with van der Waals surface area (Å²) in [6, 6.07) is 7.89. The fourth-order valence-corrected chi connectivity index (χ4v) is 2.86. The normalized spacial score (nSPS) is 11.0. The Morgan fingerprint density at radius 2 is 2.29 bits per heavy atom. The SMILES string of the molecule is CSC(=NC#N)SCCOc1ccccc1I. The zero-order valence-electron chi connectivity index (χ0n) is 9.22. The lowest BCUT2D eigenvalue weighted by Crippen LogP contribution is -2.02. The predicted octanol–water partition coefficient (Wildman–Crippen LogP) is 3.60. The molecule has 0 aliphatic heterocycles. The smallest absolute Gasteiger partial charge is 0.207 e. The Labute approximate surface area is 123 Å². The van der Waals surface area contributed by atoms with Gasteiger partial charge in [0.25, 0.3) is 0 Å². The molecule has 0 N–H and O–H groups in total. The summed E-state index contributed by atoms with van der Waals surface area (Å²) in [4.78, 5) is 3.70. The van der Waals surface area contributed by atoms with Gasteiger partial charge in [-0.3, -0.25) is 0 Å². The molecule has 0 fully saturated rings. The highest BCUT2D eigenvalue weighted by molar-refractivity contribution is 14.1. The minimum atomic E-state index is 0.607. The van der Waals surface area contributed by atoms with Crippen LogP contribution in [-0.2, 0) is 0 Å². The molecule has 0 aliphatic rings. The van der Waals surface area contributed by atoms with Crippen molar-refractivity contribution in [2.45, 2.75) is 0 Å². The molecule has 0 saturated carbocycles. The second kappa shape index (κ2) is 8.66. The first-order chi connectivity index (χ1) is 8.27. The van der Waals surface area contributed by atoms with E-state index in [1.165, 1.54) is 23.5 Å². The fourth-order valence-electron chi connectivity index (χ4n) is 1.02. The van der Waals surface area contributed by atoms with E-state index in [-0.39, 0.29) is 0 Å². The third-order valence-electron chi connectivity index (χ3n) is 1.72. The molecule has 1 aromatic carbocycles. The average Bonchev–Trinajstić information content (AvgIpc) is 2.35. The summed E-state index contributed by atoms with van der Waals surface area (Å²) in [6.07, 6.45) is 3.70. The maximum atomic E-state index is 8.44. The summed E-state index contributed by atoms with van der Waals surface area (Å²) < 4.78 is 7.51. The standard InChI is InChI=1S/C11H11IN2OS2/c1-16-11(14-8-13)17-7-6-15-10-5-3-2-4-9(10)12/h2-5H,6-7H2,1H3. The average molecular weight is 378 g/mol. The van der Waals surface area contributed by atoms with Crippen molar-refractivity contribution in [2.75, 3.05) is 18.6 Å². The number of para-hydroxylation sites is 1. The van der Waals surface area contributed by atoms with E-state index in [4.69, 9.17) is 10.00 Å². The maximum Gasteiger partial charge on any atom is 0.207 e. The van der Waals surface area contributed by atoms with Crippen LogP contribution in [0.3, 0.4) is 0 Å². The molecule has 0 amide bonds. The summed E-state index contributed by atoms with van der Waals surface area (Å²) in [5.41, 5.74) is 0. The van der Waals surface area contributed by atoms with Gasteiger partial charge < -0.3 is 4.74 Å². The quantitative estimate of drug-likeness (QED) is 0.264. The Hall–Kier alpha value is -0.390. The van der Waals surface area contributed by atoms with Gasteiger partial charge in [-0.1, -0.05) is 23.9 Å². The second-order valence-corrected chi connectivity index (χ2v) is 6.11. The highest BCUT2D eigenvalue weighted by Crippen LogP contribution is 2.20. The van der Waals surface area contributed by atoms with Crippen LogP contribution in [0.2, 0.25) is 0 Å². The molecule has 1 rings (SSSR count). The van der Waals surface area contributed by atoms with Crippen LogP contribution < -0.4 is 4.74 Å². The van der Waals surface area contributed by atoms with Gasteiger partial charge in [0.05, 0.1) is 10.2 Å². The van der Waals surface area contributed by atoms with E-state index < -0.39 is 0 Å². The first kappa shape index (κ1) is 14.7. The molecule has 0 unspecified atom stereocenters. The molecule has 0 spiro atoms. The Balaban J connectivity index is 2.32. The van der Waals surface area contributed by atoms with E-state index in [0.717, 1.165) is 19.4 Å². The number of thioether (sulfide) groups is 2. The lowest BCUT2D eigenvalue weighted by atomic mass is 10.3. The van der Waals surface area contributed by atoms with Gasteiger partial charge in [0.2, 0.25) is 6.19 Å². The van der Waals surface area contributed by atoms with Crippen LogP contribution in [0, 0.1) is 15.0 Å². The Kier molecular flexibility index (Phi) is 7.48.